The van der Waals surface area contributed by atoms with Crippen LogP contribution in [0.15, 0.2) is 12.1 Å². The fourth-order valence-electron chi connectivity index (χ4n) is 0.720. The summed E-state index contributed by atoms with van der Waals surface area (Å²) in [4.78, 5) is 0. The maximum atomic E-state index is 12.5. The van der Waals surface area contributed by atoms with Gasteiger partial charge >= 0.3 is 32.7 Å². The van der Waals surface area contributed by atoms with Crippen molar-refractivity contribution in [3.63, 3.8) is 0 Å². The first-order valence-corrected chi connectivity index (χ1v) is 2.85. The molecular weight excluding hydrogens is 204 g/mol. The number of benzene rings is 1. The molecule has 0 fully saturated rings. The predicted molar refractivity (Wildman–Crippen MR) is 34.7 cm³/mol. The van der Waals surface area contributed by atoms with Gasteiger partial charge in [-0.25, -0.2) is 0 Å². The van der Waals surface area contributed by atoms with E-state index < -0.39 is 0 Å². The second-order valence-electron chi connectivity index (χ2n) is 2.11. The average Bonchev–Trinajstić information content (AvgIpc) is 1.80. The molecule has 0 amide bonds. The summed E-state index contributed by atoms with van der Waals surface area (Å²) in [6, 6.07) is 6.03. The van der Waals surface area contributed by atoms with Gasteiger partial charge in [-0.05, 0) is 0 Å². The van der Waals surface area contributed by atoms with Crippen LogP contribution in [-0.2, 0) is 32.7 Å². The van der Waals surface area contributed by atoms with E-state index in [2.05, 4.69) is 6.07 Å². The molecule has 0 aromatic heterocycles. The van der Waals surface area contributed by atoms with Crippen LogP contribution in [0.3, 0.4) is 0 Å². The molecule has 10 heavy (non-hydrogen) atoms. The van der Waals surface area contributed by atoms with Crippen LogP contribution in [0.25, 0.3) is 0 Å². The molecule has 0 heterocycles. The normalized spacial score (nSPS) is 8.70. The molecule has 0 nitrogen and oxygen atoms in total. The molecular formula is C8H8FY+2. The van der Waals surface area contributed by atoms with Crippen molar-refractivity contribution in [1.82, 2.24) is 0 Å². The summed E-state index contributed by atoms with van der Waals surface area (Å²) in [5, 5.41) is 0. The quantitative estimate of drug-likeness (QED) is 0.578. The minimum Gasteiger partial charge on any atom is -0.284 e. The number of aryl methyl sites for hydroxylation is 2. The first-order chi connectivity index (χ1) is 4.20. The Balaban J connectivity index is 0.000000810. The molecule has 0 aliphatic rings. The second kappa shape index (κ2) is 4.20. The summed E-state index contributed by atoms with van der Waals surface area (Å²) in [6.45, 7) is 3.61. The summed E-state index contributed by atoms with van der Waals surface area (Å²) in [6.07, 6.45) is 0. The van der Waals surface area contributed by atoms with E-state index >= 15 is 0 Å². The van der Waals surface area contributed by atoms with E-state index in [0.29, 0.717) is 5.56 Å². The molecule has 0 unspecified atom stereocenters. The Hall–Kier alpha value is 0.254. The topological polar surface area (TPSA) is 0 Å². The molecule has 0 atom stereocenters. The number of hydrogen-bond acceptors (Lipinski definition) is 0. The van der Waals surface area contributed by atoms with Crippen LogP contribution >= 0.6 is 0 Å². The van der Waals surface area contributed by atoms with Crippen molar-refractivity contribution < 1.29 is 37.1 Å². The van der Waals surface area contributed by atoms with Gasteiger partial charge in [-0.2, -0.15) is 17.7 Å². The first-order valence-electron chi connectivity index (χ1n) is 2.85. The number of halogens is 1. The van der Waals surface area contributed by atoms with Crippen LogP contribution in [0.2, 0.25) is 0 Å². The van der Waals surface area contributed by atoms with E-state index in [-0.39, 0.29) is 38.5 Å². The van der Waals surface area contributed by atoms with Gasteiger partial charge in [0.05, 0.1) is 0 Å². The van der Waals surface area contributed by atoms with Crippen molar-refractivity contribution in [2.45, 2.75) is 13.8 Å². The van der Waals surface area contributed by atoms with Crippen molar-refractivity contribution in [2.75, 3.05) is 0 Å². The zero-order valence-electron chi connectivity index (χ0n) is 6.11. The Kier molecular flexibility index (Phi) is 4.31. The Morgan fingerprint density at radius 3 is 2.30 bits per heavy atom. The number of rotatable bonds is 0. The number of hydrogen-bond donors (Lipinski definition) is 0. The standard InChI is InChI=1S/C8H8F.Y/c1-6-3-4-8(9)7(2)5-6;/h3-4H,1-2H3;/q-1;+3. The van der Waals surface area contributed by atoms with Gasteiger partial charge in [0.25, 0.3) is 0 Å². The minimum absolute atomic E-state index is 0. The molecule has 0 aliphatic carbocycles. The Bertz CT molecular complexity index is 220. The third kappa shape index (κ3) is 2.47. The smallest absolute Gasteiger partial charge is 0.284 e. The Morgan fingerprint density at radius 2 is 1.90 bits per heavy atom. The monoisotopic (exact) mass is 212 g/mol. The van der Waals surface area contributed by atoms with Gasteiger partial charge in [-0.3, -0.25) is 4.39 Å². The fraction of sp³-hybridized carbons (Fsp3) is 0.250. The van der Waals surface area contributed by atoms with Crippen molar-refractivity contribution in [2.24, 2.45) is 0 Å². The third-order valence-electron chi connectivity index (χ3n) is 1.22. The molecule has 0 N–H and O–H groups in total. The van der Waals surface area contributed by atoms with Crippen molar-refractivity contribution in [1.29, 1.82) is 0 Å². The van der Waals surface area contributed by atoms with Crippen LogP contribution in [0, 0.1) is 25.7 Å². The van der Waals surface area contributed by atoms with Gasteiger partial charge in [-0.15, -0.1) is 11.6 Å². The molecule has 1 rings (SSSR count). The summed E-state index contributed by atoms with van der Waals surface area (Å²) >= 11 is 0. The molecule has 1 aromatic rings. The summed E-state index contributed by atoms with van der Waals surface area (Å²) < 4.78 is 12.5. The van der Waals surface area contributed by atoms with Gasteiger partial charge in [0.2, 0.25) is 0 Å². The third-order valence-corrected chi connectivity index (χ3v) is 1.22. The largest absolute Gasteiger partial charge is 3.00 e. The van der Waals surface area contributed by atoms with Crippen LogP contribution in [0.5, 0.6) is 0 Å². The van der Waals surface area contributed by atoms with E-state index in [1.54, 1.807) is 13.0 Å². The SMILES string of the molecule is Cc1[c-]c(C)c(F)cc1.[Y+3]. The zero-order chi connectivity index (χ0) is 6.85. The van der Waals surface area contributed by atoms with Gasteiger partial charge in [0, 0.05) is 5.82 Å². The maximum Gasteiger partial charge on any atom is 3.00 e. The molecule has 0 aliphatic heterocycles. The van der Waals surface area contributed by atoms with Crippen LogP contribution in [0.4, 0.5) is 4.39 Å². The summed E-state index contributed by atoms with van der Waals surface area (Å²) in [5.74, 6) is -0.180. The first kappa shape index (κ1) is 10.3. The molecule has 48 valence electrons. The molecule has 0 saturated heterocycles. The second-order valence-corrected chi connectivity index (χ2v) is 2.11. The van der Waals surface area contributed by atoms with Crippen LogP contribution < -0.4 is 0 Å². The molecule has 0 radical (unpaired) electrons. The minimum atomic E-state index is -0.180. The van der Waals surface area contributed by atoms with Crippen molar-refractivity contribution >= 4 is 0 Å². The van der Waals surface area contributed by atoms with Crippen molar-refractivity contribution in [3.05, 3.63) is 35.1 Å². The zero-order valence-corrected chi connectivity index (χ0v) is 8.95. The van der Waals surface area contributed by atoms with Crippen LogP contribution in [-0.4, -0.2) is 0 Å². The fourth-order valence-corrected chi connectivity index (χ4v) is 0.720. The van der Waals surface area contributed by atoms with Crippen LogP contribution in [0.1, 0.15) is 11.1 Å². The van der Waals surface area contributed by atoms with Gasteiger partial charge < -0.3 is 0 Å². The summed E-state index contributed by atoms with van der Waals surface area (Å²) in [5.41, 5.74) is 1.57. The van der Waals surface area contributed by atoms with Crippen molar-refractivity contribution in [3.8, 4) is 0 Å². The van der Waals surface area contributed by atoms with Gasteiger partial charge in [0.15, 0.2) is 0 Å². The van der Waals surface area contributed by atoms with E-state index in [0.717, 1.165) is 5.56 Å². The molecule has 2 heteroatoms. The van der Waals surface area contributed by atoms with E-state index in [1.807, 2.05) is 6.92 Å². The molecule has 0 spiro atoms. The maximum absolute atomic E-state index is 12.5. The van der Waals surface area contributed by atoms with E-state index in [9.17, 15) is 4.39 Å². The van der Waals surface area contributed by atoms with Gasteiger partial charge in [0.1, 0.15) is 0 Å². The molecule has 0 bridgehead atoms. The molecule has 0 saturated carbocycles. The Morgan fingerprint density at radius 1 is 1.30 bits per heavy atom. The van der Waals surface area contributed by atoms with Gasteiger partial charge in [-0.1, -0.05) is 13.8 Å². The Labute approximate surface area is 85.7 Å². The van der Waals surface area contributed by atoms with E-state index in [4.69, 9.17) is 0 Å². The summed E-state index contributed by atoms with van der Waals surface area (Å²) in [7, 11) is 0. The van der Waals surface area contributed by atoms with E-state index in [1.165, 1.54) is 6.07 Å². The molecule has 1 aromatic carbocycles. The average molecular weight is 212 g/mol. The predicted octanol–water partition coefficient (Wildman–Crippen LogP) is 2.24.